The van der Waals surface area contributed by atoms with Gasteiger partial charge in [-0.2, -0.15) is 0 Å². The standard InChI is InChI=1S/C16H20N4OS/c1-12-5-6-17-14(9-12)19-16-18-13(11-22-16)10-15(21)20-7-3-2-4-8-20/h5-6,9,11H,2-4,7-8,10H2,1H3,(H,17,18,19). The van der Waals surface area contributed by atoms with E-state index in [-0.39, 0.29) is 5.91 Å². The fourth-order valence-electron chi connectivity index (χ4n) is 2.57. The van der Waals surface area contributed by atoms with Gasteiger partial charge in [-0.25, -0.2) is 9.97 Å². The molecule has 0 aromatic carbocycles. The molecule has 1 aliphatic heterocycles. The number of anilines is 2. The summed E-state index contributed by atoms with van der Waals surface area (Å²) in [5.74, 6) is 0.966. The molecule has 3 rings (SSSR count). The maximum Gasteiger partial charge on any atom is 0.228 e. The van der Waals surface area contributed by atoms with Crippen LogP contribution < -0.4 is 5.32 Å². The molecule has 0 atom stereocenters. The fourth-order valence-corrected chi connectivity index (χ4v) is 3.29. The van der Waals surface area contributed by atoms with Crippen molar-refractivity contribution in [1.82, 2.24) is 14.9 Å². The quantitative estimate of drug-likeness (QED) is 0.941. The topological polar surface area (TPSA) is 58.1 Å². The first-order valence-electron chi connectivity index (χ1n) is 7.62. The Morgan fingerprint density at radius 3 is 2.95 bits per heavy atom. The zero-order valence-corrected chi connectivity index (χ0v) is 13.5. The van der Waals surface area contributed by atoms with Crippen LogP contribution in [0, 0.1) is 6.92 Å². The van der Waals surface area contributed by atoms with Gasteiger partial charge in [0.2, 0.25) is 5.91 Å². The van der Waals surface area contributed by atoms with Gasteiger partial charge in [-0.1, -0.05) is 0 Å². The number of hydrogen-bond donors (Lipinski definition) is 1. The van der Waals surface area contributed by atoms with Gasteiger partial charge >= 0.3 is 0 Å². The van der Waals surface area contributed by atoms with E-state index in [2.05, 4.69) is 15.3 Å². The van der Waals surface area contributed by atoms with Crippen LogP contribution in [0.15, 0.2) is 23.7 Å². The molecule has 6 heteroatoms. The minimum atomic E-state index is 0.185. The highest BCUT2D eigenvalue weighted by Crippen LogP contribution is 2.21. The van der Waals surface area contributed by atoms with E-state index in [1.165, 1.54) is 17.8 Å². The predicted octanol–water partition coefficient (Wildman–Crippen LogP) is 3.15. The van der Waals surface area contributed by atoms with Crippen molar-refractivity contribution in [2.24, 2.45) is 0 Å². The Morgan fingerprint density at radius 2 is 2.18 bits per heavy atom. The molecule has 0 saturated carbocycles. The molecule has 1 N–H and O–H groups in total. The number of rotatable bonds is 4. The van der Waals surface area contributed by atoms with Gasteiger partial charge in [-0.05, 0) is 43.9 Å². The zero-order valence-electron chi connectivity index (χ0n) is 12.7. The number of aromatic nitrogens is 2. The van der Waals surface area contributed by atoms with E-state index < -0.39 is 0 Å². The SMILES string of the molecule is Cc1ccnc(Nc2nc(CC(=O)N3CCCCC3)cs2)c1. The summed E-state index contributed by atoms with van der Waals surface area (Å²) in [5.41, 5.74) is 1.98. The van der Waals surface area contributed by atoms with Crippen LogP contribution in [0.4, 0.5) is 10.9 Å². The number of carbonyl (C=O) groups is 1. The van der Waals surface area contributed by atoms with E-state index in [1.54, 1.807) is 6.20 Å². The molecule has 0 bridgehead atoms. The van der Waals surface area contributed by atoms with Gasteiger partial charge in [0.25, 0.3) is 0 Å². The van der Waals surface area contributed by atoms with E-state index in [4.69, 9.17) is 0 Å². The maximum atomic E-state index is 12.2. The summed E-state index contributed by atoms with van der Waals surface area (Å²) in [4.78, 5) is 22.9. The molecule has 1 aliphatic rings. The van der Waals surface area contributed by atoms with Crippen LogP contribution >= 0.6 is 11.3 Å². The van der Waals surface area contributed by atoms with Crippen molar-refractivity contribution in [2.75, 3.05) is 18.4 Å². The van der Waals surface area contributed by atoms with Gasteiger partial charge in [0.05, 0.1) is 12.1 Å². The summed E-state index contributed by atoms with van der Waals surface area (Å²) in [6.07, 6.45) is 5.63. The average molecular weight is 316 g/mol. The summed E-state index contributed by atoms with van der Waals surface area (Å²) in [7, 11) is 0. The number of carbonyl (C=O) groups excluding carboxylic acids is 1. The molecule has 1 fully saturated rings. The van der Waals surface area contributed by atoms with Gasteiger partial charge in [0.15, 0.2) is 5.13 Å². The Labute approximate surface area is 134 Å². The van der Waals surface area contributed by atoms with Crippen molar-refractivity contribution in [3.8, 4) is 0 Å². The van der Waals surface area contributed by atoms with Crippen molar-refractivity contribution in [1.29, 1.82) is 0 Å². The van der Waals surface area contributed by atoms with Gasteiger partial charge in [-0.3, -0.25) is 4.79 Å². The molecule has 0 radical (unpaired) electrons. The number of piperidine rings is 1. The lowest BCUT2D eigenvalue weighted by Gasteiger charge is -2.26. The molecule has 3 heterocycles. The second-order valence-corrected chi connectivity index (χ2v) is 6.46. The molecular formula is C16H20N4OS. The molecule has 1 amide bonds. The average Bonchev–Trinajstić information content (AvgIpc) is 2.95. The lowest BCUT2D eigenvalue weighted by molar-refractivity contribution is -0.131. The Kier molecular flexibility index (Phi) is 4.68. The molecule has 2 aromatic heterocycles. The van der Waals surface area contributed by atoms with Gasteiger partial charge < -0.3 is 10.2 Å². The fraction of sp³-hybridized carbons (Fsp3) is 0.438. The minimum Gasteiger partial charge on any atom is -0.342 e. The minimum absolute atomic E-state index is 0.185. The molecular weight excluding hydrogens is 296 g/mol. The van der Waals surface area contributed by atoms with Crippen molar-refractivity contribution >= 4 is 28.2 Å². The Bertz CT molecular complexity index is 649. The number of hydrogen-bond acceptors (Lipinski definition) is 5. The van der Waals surface area contributed by atoms with Gasteiger partial charge in [0, 0.05) is 24.7 Å². The van der Waals surface area contributed by atoms with Crippen LogP contribution in [0.25, 0.3) is 0 Å². The number of thiazole rings is 1. The van der Waals surface area contributed by atoms with Crippen LogP contribution in [0.3, 0.4) is 0 Å². The second-order valence-electron chi connectivity index (χ2n) is 5.61. The number of pyridine rings is 1. The van der Waals surface area contributed by atoms with E-state index in [9.17, 15) is 4.79 Å². The maximum absolute atomic E-state index is 12.2. The summed E-state index contributed by atoms with van der Waals surface area (Å²) in [5, 5.41) is 5.91. The first-order valence-corrected chi connectivity index (χ1v) is 8.50. The second kappa shape index (κ2) is 6.87. The van der Waals surface area contributed by atoms with Crippen LogP contribution in [0.2, 0.25) is 0 Å². The smallest absolute Gasteiger partial charge is 0.228 e. The Hall–Kier alpha value is -1.95. The van der Waals surface area contributed by atoms with Crippen LogP contribution in [0.5, 0.6) is 0 Å². The molecule has 5 nitrogen and oxygen atoms in total. The zero-order chi connectivity index (χ0) is 15.4. The number of likely N-dealkylation sites (tertiary alicyclic amines) is 1. The number of nitrogens with zero attached hydrogens (tertiary/aromatic N) is 3. The van der Waals surface area contributed by atoms with E-state index in [1.807, 2.05) is 29.3 Å². The summed E-state index contributed by atoms with van der Waals surface area (Å²) >= 11 is 1.51. The summed E-state index contributed by atoms with van der Waals surface area (Å²) in [6, 6.07) is 3.93. The monoisotopic (exact) mass is 316 g/mol. The highest BCUT2D eigenvalue weighted by molar-refractivity contribution is 7.13. The van der Waals surface area contributed by atoms with E-state index >= 15 is 0 Å². The van der Waals surface area contributed by atoms with Crippen LogP contribution in [0.1, 0.15) is 30.5 Å². The number of amides is 1. The van der Waals surface area contributed by atoms with Gasteiger partial charge in [0.1, 0.15) is 5.82 Å². The van der Waals surface area contributed by atoms with Crippen molar-refractivity contribution in [3.63, 3.8) is 0 Å². The summed E-state index contributed by atoms with van der Waals surface area (Å²) in [6.45, 7) is 3.81. The lowest BCUT2D eigenvalue weighted by atomic mass is 10.1. The van der Waals surface area contributed by atoms with E-state index in [0.29, 0.717) is 6.42 Å². The molecule has 22 heavy (non-hydrogen) atoms. The third-order valence-electron chi connectivity index (χ3n) is 3.74. The molecule has 2 aromatic rings. The van der Waals surface area contributed by atoms with E-state index in [0.717, 1.165) is 48.1 Å². The normalized spacial score (nSPS) is 14.9. The van der Waals surface area contributed by atoms with Crippen molar-refractivity contribution < 1.29 is 4.79 Å². The van der Waals surface area contributed by atoms with Gasteiger partial charge in [-0.15, -0.1) is 11.3 Å². The number of aryl methyl sites for hydroxylation is 1. The highest BCUT2D eigenvalue weighted by atomic mass is 32.1. The molecule has 0 spiro atoms. The highest BCUT2D eigenvalue weighted by Gasteiger charge is 2.17. The Morgan fingerprint density at radius 1 is 1.36 bits per heavy atom. The third-order valence-corrected chi connectivity index (χ3v) is 4.55. The first kappa shape index (κ1) is 15.0. The van der Waals surface area contributed by atoms with Crippen LogP contribution in [-0.2, 0) is 11.2 Å². The summed E-state index contributed by atoms with van der Waals surface area (Å²) < 4.78 is 0. The predicted molar refractivity (Wildman–Crippen MR) is 88.5 cm³/mol. The van der Waals surface area contributed by atoms with Crippen LogP contribution in [-0.4, -0.2) is 33.9 Å². The van der Waals surface area contributed by atoms with Crippen molar-refractivity contribution in [2.45, 2.75) is 32.6 Å². The lowest BCUT2D eigenvalue weighted by Crippen LogP contribution is -2.36. The van der Waals surface area contributed by atoms with Crippen molar-refractivity contribution in [3.05, 3.63) is 35.0 Å². The molecule has 116 valence electrons. The Balaban J connectivity index is 1.60. The molecule has 0 aliphatic carbocycles. The molecule has 1 saturated heterocycles. The third kappa shape index (κ3) is 3.82. The largest absolute Gasteiger partial charge is 0.342 e. The molecule has 0 unspecified atom stereocenters. The first-order chi connectivity index (χ1) is 10.7. The number of nitrogens with one attached hydrogen (secondary N) is 1.